The summed E-state index contributed by atoms with van der Waals surface area (Å²) < 4.78 is 1.09. The van der Waals surface area contributed by atoms with Gasteiger partial charge in [0.2, 0.25) is 0 Å². The molecule has 1 aromatic carbocycles. The van der Waals surface area contributed by atoms with Gasteiger partial charge in [-0.2, -0.15) is 0 Å². The lowest BCUT2D eigenvalue weighted by Crippen LogP contribution is -2.31. The monoisotopic (exact) mass is 230 g/mol. The van der Waals surface area contributed by atoms with Crippen LogP contribution in [0.3, 0.4) is 0 Å². The topological polar surface area (TPSA) is 72.2 Å². The Bertz CT molecular complexity index is 578. The van der Waals surface area contributed by atoms with E-state index < -0.39 is 17.7 Å². The van der Waals surface area contributed by atoms with Crippen molar-refractivity contribution in [3.8, 4) is 0 Å². The molecule has 0 saturated heterocycles. The number of hydrogen-bond donors (Lipinski definition) is 1. The molecule has 0 amide bonds. The third-order valence-electron chi connectivity index (χ3n) is 2.37. The first-order valence-corrected chi connectivity index (χ1v) is 5.01. The Morgan fingerprint density at radius 3 is 2.53 bits per heavy atom. The van der Waals surface area contributed by atoms with E-state index in [4.69, 9.17) is 0 Å². The smallest absolute Gasteiger partial charge is 0.348 e. The molecule has 0 spiro atoms. The van der Waals surface area contributed by atoms with E-state index in [-0.39, 0.29) is 0 Å². The third kappa shape index (κ3) is 2.23. The number of carboxylic acids is 1. The summed E-state index contributed by atoms with van der Waals surface area (Å²) in [5, 5.41) is 9.22. The van der Waals surface area contributed by atoms with E-state index in [2.05, 4.69) is 4.98 Å². The van der Waals surface area contributed by atoms with Gasteiger partial charge in [-0.05, 0) is 11.6 Å². The number of nitrogens with zero attached hydrogens (tertiary/aromatic N) is 2. The van der Waals surface area contributed by atoms with Gasteiger partial charge in [-0.25, -0.2) is 14.6 Å². The minimum Gasteiger partial charge on any atom is -0.479 e. The Morgan fingerprint density at radius 1 is 1.24 bits per heavy atom. The van der Waals surface area contributed by atoms with Crippen LogP contribution in [-0.4, -0.2) is 20.6 Å². The highest BCUT2D eigenvalue weighted by molar-refractivity contribution is 5.75. The highest BCUT2D eigenvalue weighted by Gasteiger charge is 2.22. The summed E-state index contributed by atoms with van der Waals surface area (Å²) in [5.74, 6) is -1.09. The average Bonchev–Trinajstić information content (AvgIpc) is 2.33. The van der Waals surface area contributed by atoms with Crippen LogP contribution in [0.1, 0.15) is 11.6 Å². The maximum Gasteiger partial charge on any atom is 0.348 e. The number of aliphatic carboxylic acids is 1. The second kappa shape index (κ2) is 4.61. The Morgan fingerprint density at radius 2 is 1.94 bits per heavy atom. The van der Waals surface area contributed by atoms with Crippen molar-refractivity contribution < 1.29 is 9.90 Å². The van der Waals surface area contributed by atoms with Crippen molar-refractivity contribution in [2.45, 2.75) is 6.04 Å². The molecule has 0 radical (unpaired) electrons. The van der Waals surface area contributed by atoms with Crippen LogP contribution in [0.2, 0.25) is 0 Å². The molecule has 0 aliphatic carbocycles. The van der Waals surface area contributed by atoms with E-state index in [1.807, 2.05) is 0 Å². The Hall–Kier alpha value is -2.43. The largest absolute Gasteiger partial charge is 0.479 e. The molecule has 2 rings (SSSR count). The van der Waals surface area contributed by atoms with E-state index in [9.17, 15) is 14.7 Å². The number of aromatic nitrogens is 2. The normalized spacial score (nSPS) is 12.0. The van der Waals surface area contributed by atoms with Crippen molar-refractivity contribution in [3.63, 3.8) is 0 Å². The molecule has 17 heavy (non-hydrogen) atoms. The second-order valence-corrected chi connectivity index (χ2v) is 3.46. The minimum atomic E-state index is -1.09. The van der Waals surface area contributed by atoms with Gasteiger partial charge in [-0.3, -0.25) is 4.57 Å². The first kappa shape index (κ1) is 11.1. The zero-order valence-electron chi connectivity index (χ0n) is 8.85. The van der Waals surface area contributed by atoms with E-state index in [0.717, 1.165) is 4.57 Å². The zero-order chi connectivity index (χ0) is 12.3. The van der Waals surface area contributed by atoms with E-state index in [1.165, 1.54) is 18.5 Å². The van der Waals surface area contributed by atoms with Crippen LogP contribution in [0.25, 0.3) is 0 Å². The summed E-state index contributed by atoms with van der Waals surface area (Å²) in [6, 6.07) is 9.06. The molecular formula is C12H10N2O3. The van der Waals surface area contributed by atoms with Crippen molar-refractivity contribution >= 4 is 5.97 Å². The van der Waals surface area contributed by atoms with Gasteiger partial charge in [0.15, 0.2) is 6.04 Å². The number of hydrogen-bond acceptors (Lipinski definition) is 3. The molecule has 0 bridgehead atoms. The number of carboxylic acid groups (broad SMARTS) is 1. The van der Waals surface area contributed by atoms with Gasteiger partial charge >= 0.3 is 11.7 Å². The molecule has 1 unspecified atom stereocenters. The summed E-state index contributed by atoms with van der Waals surface area (Å²) in [6.45, 7) is 0. The lowest BCUT2D eigenvalue weighted by Gasteiger charge is -2.14. The van der Waals surface area contributed by atoms with Gasteiger partial charge in [0.05, 0.1) is 0 Å². The molecule has 1 atom stereocenters. The molecule has 0 fully saturated rings. The molecule has 0 saturated carbocycles. The van der Waals surface area contributed by atoms with Gasteiger partial charge in [0, 0.05) is 12.4 Å². The summed E-state index contributed by atoms with van der Waals surface area (Å²) in [7, 11) is 0. The van der Waals surface area contributed by atoms with Crippen LogP contribution in [0.4, 0.5) is 0 Å². The molecule has 2 aromatic rings. The van der Waals surface area contributed by atoms with Crippen LogP contribution in [0, 0.1) is 0 Å². The highest BCUT2D eigenvalue weighted by Crippen LogP contribution is 2.16. The molecule has 1 heterocycles. The highest BCUT2D eigenvalue weighted by atomic mass is 16.4. The van der Waals surface area contributed by atoms with Crippen molar-refractivity contribution in [1.29, 1.82) is 0 Å². The quantitative estimate of drug-likeness (QED) is 0.850. The Balaban J connectivity index is 2.55. The fourth-order valence-electron chi connectivity index (χ4n) is 1.62. The van der Waals surface area contributed by atoms with Gasteiger partial charge in [0.1, 0.15) is 0 Å². The van der Waals surface area contributed by atoms with Crippen molar-refractivity contribution in [2.75, 3.05) is 0 Å². The number of benzene rings is 1. The molecule has 1 N–H and O–H groups in total. The van der Waals surface area contributed by atoms with Gasteiger partial charge in [-0.1, -0.05) is 30.3 Å². The van der Waals surface area contributed by atoms with E-state index in [0.29, 0.717) is 5.56 Å². The molecule has 0 aliphatic rings. The van der Waals surface area contributed by atoms with Crippen molar-refractivity contribution in [1.82, 2.24) is 9.55 Å². The molecule has 0 aliphatic heterocycles. The minimum absolute atomic E-state index is 0.537. The fraction of sp³-hybridized carbons (Fsp3) is 0.0833. The molecular weight excluding hydrogens is 220 g/mol. The van der Waals surface area contributed by atoms with Crippen LogP contribution in [0.5, 0.6) is 0 Å². The summed E-state index contributed by atoms with van der Waals surface area (Å²) in [6.07, 6.45) is 2.75. The van der Waals surface area contributed by atoms with E-state index in [1.54, 1.807) is 30.3 Å². The third-order valence-corrected chi connectivity index (χ3v) is 2.37. The van der Waals surface area contributed by atoms with Crippen LogP contribution < -0.4 is 5.69 Å². The van der Waals surface area contributed by atoms with Crippen LogP contribution in [-0.2, 0) is 4.79 Å². The van der Waals surface area contributed by atoms with Crippen molar-refractivity contribution in [2.24, 2.45) is 0 Å². The molecule has 5 heteroatoms. The summed E-state index contributed by atoms with van der Waals surface area (Å²) in [4.78, 5) is 26.3. The zero-order valence-corrected chi connectivity index (χ0v) is 8.85. The molecule has 86 valence electrons. The Kier molecular flexibility index (Phi) is 3.00. The maximum absolute atomic E-state index is 11.5. The first-order valence-electron chi connectivity index (χ1n) is 5.01. The van der Waals surface area contributed by atoms with Gasteiger partial charge < -0.3 is 5.11 Å². The summed E-state index contributed by atoms with van der Waals surface area (Å²) in [5.41, 5.74) is -0.0427. The van der Waals surface area contributed by atoms with Crippen LogP contribution >= 0.6 is 0 Å². The lowest BCUT2D eigenvalue weighted by atomic mass is 10.1. The van der Waals surface area contributed by atoms with Crippen LogP contribution in [0.15, 0.2) is 53.6 Å². The SMILES string of the molecule is O=C(O)C(c1ccccc1)n1cccnc1=O. The first-order chi connectivity index (χ1) is 8.20. The second-order valence-electron chi connectivity index (χ2n) is 3.46. The Labute approximate surface area is 97.0 Å². The predicted molar refractivity (Wildman–Crippen MR) is 60.7 cm³/mol. The fourth-order valence-corrected chi connectivity index (χ4v) is 1.62. The van der Waals surface area contributed by atoms with Gasteiger partial charge in [-0.15, -0.1) is 0 Å². The van der Waals surface area contributed by atoms with Crippen molar-refractivity contribution in [3.05, 3.63) is 64.8 Å². The number of rotatable bonds is 3. The van der Waals surface area contributed by atoms with E-state index >= 15 is 0 Å². The average molecular weight is 230 g/mol. The lowest BCUT2D eigenvalue weighted by molar-refractivity contribution is -0.139. The molecule has 5 nitrogen and oxygen atoms in total. The standard InChI is InChI=1S/C12H10N2O3/c15-11(16)10(9-5-2-1-3-6-9)14-8-4-7-13-12(14)17/h1-8,10H,(H,15,16). The molecule has 1 aromatic heterocycles. The summed E-state index contributed by atoms with van der Waals surface area (Å²) >= 11 is 0. The van der Waals surface area contributed by atoms with Gasteiger partial charge in [0.25, 0.3) is 0 Å². The predicted octanol–water partition coefficient (Wildman–Crippen LogP) is 0.917. The number of carbonyl (C=O) groups is 1. The maximum atomic E-state index is 11.5.